The van der Waals surface area contributed by atoms with Gasteiger partial charge < -0.3 is 4.74 Å². The van der Waals surface area contributed by atoms with Crippen LogP contribution in [0.4, 0.5) is 0 Å². The van der Waals surface area contributed by atoms with Crippen LogP contribution in [-0.4, -0.2) is 18.4 Å². The van der Waals surface area contributed by atoms with Gasteiger partial charge >= 0.3 is 5.97 Å². The standard InChI is InChI=1S/C15H20O3/c1-10(2)6-14(17)18-13-7-12(9-16)15(4,5)8-11(13)3/h6-9,13H,1-5H3. The molecule has 0 fully saturated rings. The highest BCUT2D eigenvalue weighted by Gasteiger charge is 2.29. The van der Waals surface area contributed by atoms with Gasteiger partial charge in [0.2, 0.25) is 0 Å². The zero-order valence-electron chi connectivity index (χ0n) is 11.6. The van der Waals surface area contributed by atoms with Crippen molar-refractivity contribution in [1.29, 1.82) is 0 Å². The van der Waals surface area contributed by atoms with E-state index in [0.29, 0.717) is 5.57 Å². The molecule has 1 atom stereocenters. The summed E-state index contributed by atoms with van der Waals surface area (Å²) in [4.78, 5) is 22.6. The lowest BCUT2D eigenvalue weighted by atomic mass is 9.78. The molecule has 0 N–H and O–H groups in total. The van der Waals surface area contributed by atoms with Crippen molar-refractivity contribution in [3.63, 3.8) is 0 Å². The third-order valence-corrected chi connectivity index (χ3v) is 2.89. The Labute approximate surface area is 108 Å². The van der Waals surface area contributed by atoms with Crippen molar-refractivity contribution < 1.29 is 14.3 Å². The van der Waals surface area contributed by atoms with Crippen molar-refractivity contribution >= 4 is 12.3 Å². The number of hydrogen-bond donors (Lipinski definition) is 0. The topological polar surface area (TPSA) is 43.4 Å². The maximum Gasteiger partial charge on any atom is 0.331 e. The first kappa shape index (κ1) is 14.4. The summed E-state index contributed by atoms with van der Waals surface area (Å²) in [7, 11) is 0. The van der Waals surface area contributed by atoms with E-state index in [-0.39, 0.29) is 11.4 Å². The van der Waals surface area contributed by atoms with Crippen LogP contribution in [0.3, 0.4) is 0 Å². The number of hydrogen-bond acceptors (Lipinski definition) is 3. The Morgan fingerprint density at radius 3 is 2.50 bits per heavy atom. The Bertz CT molecular complexity index is 446. The Kier molecular flexibility index (Phi) is 4.28. The lowest BCUT2D eigenvalue weighted by Crippen LogP contribution is -2.26. The minimum absolute atomic E-state index is 0.300. The molecule has 1 rings (SSSR count). The van der Waals surface area contributed by atoms with Crippen LogP contribution in [0.15, 0.2) is 34.9 Å². The molecule has 18 heavy (non-hydrogen) atoms. The number of esters is 1. The van der Waals surface area contributed by atoms with Crippen LogP contribution >= 0.6 is 0 Å². The van der Waals surface area contributed by atoms with Gasteiger partial charge in [-0.3, -0.25) is 4.79 Å². The smallest absolute Gasteiger partial charge is 0.331 e. The van der Waals surface area contributed by atoms with Gasteiger partial charge in [-0.15, -0.1) is 0 Å². The number of rotatable bonds is 3. The van der Waals surface area contributed by atoms with Gasteiger partial charge in [0.05, 0.1) is 0 Å². The van der Waals surface area contributed by atoms with Crippen molar-refractivity contribution in [2.24, 2.45) is 5.41 Å². The molecule has 0 aliphatic heterocycles. The van der Waals surface area contributed by atoms with Crippen LogP contribution < -0.4 is 0 Å². The highest BCUT2D eigenvalue weighted by Crippen LogP contribution is 2.34. The Balaban J connectivity index is 2.92. The first-order valence-electron chi connectivity index (χ1n) is 5.98. The largest absolute Gasteiger partial charge is 0.450 e. The quantitative estimate of drug-likeness (QED) is 0.334. The summed E-state index contributed by atoms with van der Waals surface area (Å²) < 4.78 is 5.32. The minimum Gasteiger partial charge on any atom is -0.450 e. The Morgan fingerprint density at radius 1 is 1.39 bits per heavy atom. The van der Waals surface area contributed by atoms with Gasteiger partial charge in [0, 0.05) is 17.1 Å². The average Bonchev–Trinajstić information content (AvgIpc) is 2.20. The molecule has 0 saturated carbocycles. The molecule has 3 nitrogen and oxygen atoms in total. The average molecular weight is 248 g/mol. The van der Waals surface area contributed by atoms with Crippen LogP contribution in [0.1, 0.15) is 34.6 Å². The van der Waals surface area contributed by atoms with Crippen molar-refractivity contribution in [3.8, 4) is 0 Å². The van der Waals surface area contributed by atoms with Crippen LogP contribution in [0.2, 0.25) is 0 Å². The van der Waals surface area contributed by atoms with Crippen molar-refractivity contribution in [3.05, 3.63) is 34.9 Å². The lowest BCUT2D eigenvalue weighted by molar-refractivity contribution is -0.139. The fourth-order valence-corrected chi connectivity index (χ4v) is 1.96. The maximum absolute atomic E-state index is 11.6. The SMILES string of the molecule is CC(C)=CC(=O)OC1C=C(C=O)C(C)(C)C=C1C. The van der Waals surface area contributed by atoms with E-state index >= 15 is 0 Å². The molecule has 1 aliphatic carbocycles. The van der Waals surface area contributed by atoms with E-state index in [1.54, 1.807) is 6.08 Å². The zero-order valence-corrected chi connectivity index (χ0v) is 11.6. The summed E-state index contributed by atoms with van der Waals surface area (Å²) in [5.74, 6) is -0.381. The molecule has 1 unspecified atom stereocenters. The summed E-state index contributed by atoms with van der Waals surface area (Å²) in [5.41, 5.74) is 2.17. The summed E-state index contributed by atoms with van der Waals surface area (Å²) in [6.45, 7) is 9.50. The fourth-order valence-electron chi connectivity index (χ4n) is 1.96. The van der Waals surface area contributed by atoms with Gasteiger partial charge in [0.15, 0.2) is 0 Å². The molecular weight excluding hydrogens is 228 g/mol. The second kappa shape index (κ2) is 5.34. The van der Waals surface area contributed by atoms with E-state index < -0.39 is 6.10 Å². The predicted molar refractivity (Wildman–Crippen MR) is 71.0 cm³/mol. The third-order valence-electron chi connectivity index (χ3n) is 2.89. The van der Waals surface area contributed by atoms with Gasteiger partial charge in [-0.25, -0.2) is 4.79 Å². The minimum atomic E-state index is -0.443. The molecule has 0 amide bonds. The normalized spacial score (nSPS) is 21.5. The van der Waals surface area contributed by atoms with E-state index in [1.165, 1.54) is 6.08 Å². The lowest BCUT2D eigenvalue weighted by Gasteiger charge is -2.29. The summed E-state index contributed by atoms with van der Waals surface area (Å²) >= 11 is 0. The van der Waals surface area contributed by atoms with Crippen molar-refractivity contribution in [2.45, 2.75) is 40.7 Å². The van der Waals surface area contributed by atoms with Crippen molar-refractivity contribution in [2.75, 3.05) is 0 Å². The molecule has 3 heteroatoms. The van der Waals surface area contributed by atoms with Gasteiger partial charge in [0.1, 0.15) is 12.4 Å². The van der Waals surface area contributed by atoms with Gasteiger partial charge in [-0.1, -0.05) is 25.5 Å². The fraction of sp³-hybridized carbons (Fsp3) is 0.467. The van der Waals surface area contributed by atoms with Gasteiger partial charge in [0.25, 0.3) is 0 Å². The molecular formula is C15H20O3. The summed E-state index contributed by atoms with van der Waals surface area (Å²) in [6.07, 6.45) is 5.52. The Morgan fingerprint density at radius 2 is 2.00 bits per heavy atom. The van der Waals surface area contributed by atoms with E-state index in [1.807, 2.05) is 40.7 Å². The summed E-state index contributed by atoms with van der Waals surface area (Å²) in [6, 6.07) is 0. The van der Waals surface area contributed by atoms with Crippen LogP contribution in [0.25, 0.3) is 0 Å². The highest BCUT2D eigenvalue weighted by atomic mass is 16.5. The van der Waals surface area contributed by atoms with Gasteiger partial charge in [-0.05, 0) is 32.4 Å². The molecule has 0 bridgehead atoms. The van der Waals surface area contributed by atoms with E-state index in [2.05, 4.69) is 0 Å². The Hall–Kier alpha value is -1.64. The first-order chi connectivity index (χ1) is 8.26. The number of carbonyl (C=O) groups is 2. The molecule has 1 aliphatic rings. The number of carbonyl (C=O) groups excluding carboxylic acids is 2. The zero-order chi connectivity index (χ0) is 13.9. The van der Waals surface area contributed by atoms with E-state index in [0.717, 1.165) is 17.4 Å². The number of aldehydes is 1. The molecule has 0 radical (unpaired) electrons. The molecule has 0 aromatic rings. The predicted octanol–water partition coefficient (Wildman–Crippen LogP) is 2.98. The number of ether oxygens (including phenoxy) is 1. The van der Waals surface area contributed by atoms with Crippen LogP contribution in [0.5, 0.6) is 0 Å². The van der Waals surface area contributed by atoms with E-state index in [9.17, 15) is 9.59 Å². The molecule has 98 valence electrons. The van der Waals surface area contributed by atoms with Crippen LogP contribution in [0, 0.1) is 5.41 Å². The molecule has 0 spiro atoms. The molecule has 0 aromatic heterocycles. The maximum atomic E-state index is 11.6. The van der Waals surface area contributed by atoms with Crippen molar-refractivity contribution in [1.82, 2.24) is 0 Å². The first-order valence-corrected chi connectivity index (χ1v) is 5.98. The van der Waals surface area contributed by atoms with E-state index in [4.69, 9.17) is 4.74 Å². The number of allylic oxidation sites excluding steroid dienone is 3. The van der Waals surface area contributed by atoms with Crippen LogP contribution in [-0.2, 0) is 14.3 Å². The monoisotopic (exact) mass is 248 g/mol. The second-order valence-corrected chi connectivity index (χ2v) is 5.43. The molecule has 0 heterocycles. The second-order valence-electron chi connectivity index (χ2n) is 5.43. The van der Waals surface area contributed by atoms with Gasteiger partial charge in [-0.2, -0.15) is 0 Å². The third kappa shape index (κ3) is 3.42. The highest BCUT2D eigenvalue weighted by molar-refractivity contribution is 5.83. The molecule has 0 saturated heterocycles. The molecule has 0 aromatic carbocycles. The summed E-state index contributed by atoms with van der Waals surface area (Å²) in [5, 5.41) is 0.